The normalized spacial score (nSPS) is 20.7. The van der Waals surface area contributed by atoms with Crippen LogP contribution in [0.15, 0.2) is 12.7 Å². The van der Waals surface area contributed by atoms with Crippen molar-refractivity contribution in [3.63, 3.8) is 0 Å². The summed E-state index contributed by atoms with van der Waals surface area (Å²) in [5.41, 5.74) is 0. The molecular weight excluding hydrogens is 166 g/mol. The summed E-state index contributed by atoms with van der Waals surface area (Å²) < 4.78 is 1.70. The van der Waals surface area contributed by atoms with E-state index in [1.165, 1.54) is 19.2 Å². The molecule has 1 aliphatic rings. The first-order valence-corrected chi connectivity index (χ1v) is 4.87. The van der Waals surface area contributed by atoms with Gasteiger partial charge in [0.05, 0.1) is 12.6 Å². The van der Waals surface area contributed by atoms with E-state index in [0.717, 1.165) is 12.8 Å². The quantitative estimate of drug-likeness (QED) is 0.751. The summed E-state index contributed by atoms with van der Waals surface area (Å²) in [5, 5.41) is 13.8. The van der Waals surface area contributed by atoms with Crippen molar-refractivity contribution in [1.29, 1.82) is 0 Å². The molecule has 0 saturated heterocycles. The average Bonchev–Trinajstić information content (AvgIpc) is 2.74. The highest BCUT2D eigenvalue weighted by Gasteiger charge is 2.23. The Morgan fingerprint density at radius 3 is 2.85 bits per heavy atom. The number of aliphatic hydroxyl groups excluding tert-OH is 1. The van der Waals surface area contributed by atoms with Crippen LogP contribution in [0.4, 0.5) is 0 Å². The van der Waals surface area contributed by atoms with Crippen LogP contribution in [0.25, 0.3) is 0 Å². The molecule has 1 aliphatic carbocycles. The fourth-order valence-corrected chi connectivity index (χ4v) is 2.01. The average molecular weight is 181 g/mol. The molecule has 1 aromatic heterocycles. The third kappa shape index (κ3) is 2.06. The number of aromatic nitrogens is 3. The molecule has 1 fully saturated rings. The maximum absolute atomic E-state index is 9.83. The first-order chi connectivity index (χ1) is 6.36. The van der Waals surface area contributed by atoms with Crippen molar-refractivity contribution in [3.05, 3.63) is 12.7 Å². The number of nitrogens with zero attached hydrogens (tertiary/aromatic N) is 3. The second kappa shape index (κ2) is 3.87. The van der Waals surface area contributed by atoms with Gasteiger partial charge in [0.15, 0.2) is 0 Å². The minimum atomic E-state index is -0.246. The molecule has 13 heavy (non-hydrogen) atoms. The first-order valence-electron chi connectivity index (χ1n) is 4.87. The zero-order valence-electron chi connectivity index (χ0n) is 7.63. The summed E-state index contributed by atoms with van der Waals surface area (Å²) in [6.45, 7) is 0.588. The van der Waals surface area contributed by atoms with E-state index in [9.17, 15) is 5.11 Å². The number of hydrogen-bond acceptors (Lipinski definition) is 3. The molecule has 4 heteroatoms. The standard InChI is InChI=1S/C9H15N3O/c13-9(8-3-1-2-4-8)5-12-7-10-6-11-12/h6-9,13H,1-5H2. The van der Waals surface area contributed by atoms with Crippen molar-refractivity contribution in [2.24, 2.45) is 5.92 Å². The molecule has 4 nitrogen and oxygen atoms in total. The molecule has 0 aromatic carbocycles. The van der Waals surface area contributed by atoms with Gasteiger partial charge in [-0.05, 0) is 18.8 Å². The highest BCUT2D eigenvalue weighted by molar-refractivity contribution is 4.75. The highest BCUT2D eigenvalue weighted by atomic mass is 16.3. The van der Waals surface area contributed by atoms with E-state index in [-0.39, 0.29) is 6.10 Å². The van der Waals surface area contributed by atoms with E-state index in [4.69, 9.17) is 0 Å². The van der Waals surface area contributed by atoms with Gasteiger partial charge in [0.25, 0.3) is 0 Å². The lowest BCUT2D eigenvalue weighted by atomic mass is 10.0. The lowest BCUT2D eigenvalue weighted by Gasteiger charge is -2.16. The Morgan fingerprint density at radius 1 is 1.46 bits per heavy atom. The second-order valence-electron chi connectivity index (χ2n) is 3.73. The van der Waals surface area contributed by atoms with Crippen LogP contribution in [-0.2, 0) is 6.54 Å². The monoisotopic (exact) mass is 181 g/mol. The van der Waals surface area contributed by atoms with E-state index >= 15 is 0 Å². The molecule has 1 atom stereocenters. The van der Waals surface area contributed by atoms with E-state index < -0.39 is 0 Å². The Balaban J connectivity index is 1.87. The second-order valence-corrected chi connectivity index (χ2v) is 3.73. The van der Waals surface area contributed by atoms with Crippen LogP contribution in [0.3, 0.4) is 0 Å². The van der Waals surface area contributed by atoms with Crippen LogP contribution in [0.5, 0.6) is 0 Å². The zero-order chi connectivity index (χ0) is 9.10. The predicted octanol–water partition coefficient (Wildman–Crippen LogP) is 0.829. The van der Waals surface area contributed by atoms with Crippen LogP contribution < -0.4 is 0 Å². The Bertz CT molecular complexity index is 241. The van der Waals surface area contributed by atoms with Gasteiger partial charge in [0, 0.05) is 0 Å². The van der Waals surface area contributed by atoms with Gasteiger partial charge in [0.1, 0.15) is 12.7 Å². The van der Waals surface area contributed by atoms with Gasteiger partial charge in [-0.15, -0.1) is 0 Å². The Morgan fingerprint density at radius 2 is 2.23 bits per heavy atom. The molecule has 1 aromatic rings. The lowest BCUT2D eigenvalue weighted by Crippen LogP contribution is -2.24. The fraction of sp³-hybridized carbons (Fsp3) is 0.778. The maximum atomic E-state index is 9.83. The minimum Gasteiger partial charge on any atom is -0.391 e. The lowest BCUT2D eigenvalue weighted by molar-refractivity contribution is 0.0893. The minimum absolute atomic E-state index is 0.246. The van der Waals surface area contributed by atoms with Crippen molar-refractivity contribution in [2.75, 3.05) is 0 Å². The largest absolute Gasteiger partial charge is 0.391 e. The summed E-state index contributed by atoms with van der Waals surface area (Å²) >= 11 is 0. The fourth-order valence-electron chi connectivity index (χ4n) is 2.01. The summed E-state index contributed by atoms with van der Waals surface area (Å²) in [6.07, 6.45) is 7.76. The Labute approximate surface area is 77.6 Å². The predicted molar refractivity (Wildman–Crippen MR) is 48.0 cm³/mol. The van der Waals surface area contributed by atoms with Gasteiger partial charge in [0.2, 0.25) is 0 Å². The molecule has 1 saturated carbocycles. The van der Waals surface area contributed by atoms with Gasteiger partial charge in [-0.3, -0.25) is 4.68 Å². The van der Waals surface area contributed by atoms with Crippen LogP contribution >= 0.6 is 0 Å². The van der Waals surface area contributed by atoms with Crippen molar-refractivity contribution < 1.29 is 5.11 Å². The molecule has 0 spiro atoms. The molecule has 1 N–H and O–H groups in total. The van der Waals surface area contributed by atoms with Crippen LogP contribution in [0.2, 0.25) is 0 Å². The third-order valence-electron chi connectivity index (χ3n) is 2.78. The van der Waals surface area contributed by atoms with Crippen molar-refractivity contribution in [1.82, 2.24) is 14.8 Å². The highest BCUT2D eigenvalue weighted by Crippen LogP contribution is 2.28. The Kier molecular flexibility index (Phi) is 2.59. The SMILES string of the molecule is OC(Cn1cncn1)C1CCCC1. The number of rotatable bonds is 3. The van der Waals surface area contributed by atoms with E-state index in [1.807, 2.05) is 0 Å². The van der Waals surface area contributed by atoms with Crippen molar-refractivity contribution in [2.45, 2.75) is 38.3 Å². The molecular formula is C9H15N3O. The van der Waals surface area contributed by atoms with Gasteiger partial charge in [-0.2, -0.15) is 5.10 Å². The smallest absolute Gasteiger partial charge is 0.137 e. The van der Waals surface area contributed by atoms with E-state index in [2.05, 4.69) is 10.1 Å². The molecule has 72 valence electrons. The van der Waals surface area contributed by atoms with E-state index in [0.29, 0.717) is 12.5 Å². The number of aliphatic hydroxyl groups is 1. The topological polar surface area (TPSA) is 50.9 Å². The van der Waals surface area contributed by atoms with Crippen LogP contribution in [-0.4, -0.2) is 26.0 Å². The first kappa shape index (κ1) is 8.69. The summed E-state index contributed by atoms with van der Waals surface area (Å²) in [5.74, 6) is 0.476. The van der Waals surface area contributed by atoms with Crippen LogP contribution in [0, 0.1) is 5.92 Å². The van der Waals surface area contributed by atoms with Gasteiger partial charge < -0.3 is 5.11 Å². The number of hydrogen-bond donors (Lipinski definition) is 1. The zero-order valence-corrected chi connectivity index (χ0v) is 7.63. The maximum Gasteiger partial charge on any atom is 0.137 e. The molecule has 0 aliphatic heterocycles. The van der Waals surface area contributed by atoms with Gasteiger partial charge >= 0.3 is 0 Å². The summed E-state index contributed by atoms with van der Waals surface area (Å²) in [4.78, 5) is 3.84. The Hall–Kier alpha value is -0.900. The van der Waals surface area contributed by atoms with E-state index in [1.54, 1.807) is 11.0 Å². The summed E-state index contributed by atoms with van der Waals surface area (Å²) in [6, 6.07) is 0. The third-order valence-corrected chi connectivity index (χ3v) is 2.78. The molecule has 0 amide bonds. The summed E-state index contributed by atoms with van der Waals surface area (Å²) in [7, 11) is 0. The molecule has 1 heterocycles. The van der Waals surface area contributed by atoms with Crippen molar-refractivity contribution in [3.8, 4) is 0 Å². The van der Waals surface area contributed by atoms with Gasteiger partial charge in [-0.25, -0.2) is 4.98 Å². The molecule has 1 unspecified atom stereocenters. The molecule has 0 radical (unpaired) electrons. The van der Waals surface area contributed by atoms with Crippen LogP contribution in [0.1, 0.15) is 25.7 Å². The molecule has 0 bridgehead atoms. The molecule has 2 rings (SSSR count). The van der Waals surface area contributed by atoms with Gasteiger partial charge in [-0.1, -0.05) is 12.8 Å². The van der Waals surface area contributed by atoms with Crippen molar-refractivity contribution >= 4 is 0 Å².